The third-order valence-corrected chi connectivity index (χ3v) is 8.31. The van der Waals surface area contributed by atoms with Crippen LogP contribution >= 0.6 is 22.9 Å². The van der Waals surface area contributed by atoms with E-state index in [9.17, 15) is 23.1 Å². The molecule has 2 N–H and O–H groups in total. The molecule has 0 bridgehead atoms. The van der Waals surface area contributed by atoms with E-state index in [0.29, 0.717) is 22.0 Å². The van der Waals surface area contributed by atoms with Gasteiger partial charge in [-0.2, -0.15) is 0 Å². The second-order valence-corrected chi connectivity index (χ2v) is 11.2. The number of unbranched alkanes of at least 4 members (excludes halogenated alkanes) is 1. The van der Waals surface area contributed by atoms with Crippen LogP contribution in [-0.4, -0.2) is 36.8 Å². The van der Waals surface area contributed by atoms with Gasteiger partial charge in [0, 0.05) is 23.0 Å². The minimum Gasteiger partial charge on any atom is -0.474 e. The topological polar surface area (TPSA) is 104 Å². The molecule has 0 aliphatic heterocycles. The smallest absolute Gasteiger partial charge is 0.394 e. The van der Waals surface area contributed by atoms with Gasteiger partial charge in [-0.25, -0.2) is 17.9 Å². The van der Waals surface area contributed by atoms with Gasteiger partial charge >= 0.3 is 11.9 Å². The van der Waals surface area contributed by atoms with Crippen LogP contribution in [0, 0.1) is 5.92 Å². The molecule has 2 rings (SSSR count). The summed E-state index contributed by atoms with van der Waals surface area (Å²) < 4.78 is 28.2. The Morgan fingerprint density at radius 1 is 1.19 bits per heavy atom. The lowest BCUT2D eigenvalue weighted by Crippen LogP contribution is -2.35. The summed E-state index contributed by atoms with van der Waals surface area (Å²) >= 11 is 7.01. The first-order valence-electron chi connectivity index (χ1n) is 10.5. The Balaban J connectivity index is 2.11. The molecule has 10 heteroatoms. The summed E-state index contributed by atoms with van der Waals surface area (Å²) in [5, 5.41) is 9.66. The number of rotatable bonds is 12. The van der Waals surface area contributed by atoms with Crippen LogP contribution in [0.3, 0.4) is 0 Å². The number of aliphatic carboxylic acids is 1. The predicted octanol–water partition coefficient (Wildman–Crippen LogP) is 4.51. The van der Waals surface area contributed by atoms with Crippen molar-refractivity contribution >= 4 is 44.8 Å². The van der Waals surface area contributed by atoms with Crippen molar-refractivity contribution < 1.29 is 23.1 Å². The number of nitrogens with one attached hydrogen (secondary N) is 1. The van der Waals surface area contributed by atoms with Crippen LogP contribution in [0.5, 0.6) is 0 Å². The molecule has 1 aromatic carbocycles. The number of carbonyl (C=O) groups excluding carboxylic acids is 1. The summed E-state index contributed by atoms with van der Waals surface area (Å²) in [6, 6.07) is 9.88. The zero-order valence-electron chi connectivity index (χ0n) is 18.2. The average molecular weight is 501 g/mol. The lowest BCUT2D eigenvalue weighted by Gasteiger charge is -2.20. The lowest BCUT2D eigenvalue weighted by atomic mass is 10.00. The highest BCUT2D eigenvalue weighted by Crippen LogP contribution is 2.24. The Hall–Kier alpha value is -1.94. The zero-order valence-corrected chi connectivity index (χ0v) is 20.6. The van der Waals surface area contributed by atoms with Crippen molar-refractivity contribution in [1.82, 2.24) is 9.62 Å². The maximum atomic E-state index is 12.7. The van der Waals surface area contributed by atoms with E-state index in [1.165, 1.54) is 6.07 Å². The molecule has 1 unspecified atom stereocenters. The minimum absolute atomic E-state index is 0.0219. The molecule has 0 saturated heterocycles. The zero-order chi connectivity index (χ0) is 23.7. The average Bonchev–Trinajstić information content (AvgIpc) is 3.22. The molecule has 0 saturated carbocycles. The molecule has 1 aromatic heterocycles. The fraction of sp³-hybridized carbons (Fsp3) is 0.455. The largest absolute Gasteiger partial charge is 0.474 e. The quantitative estimate of drug-likeness (QED) is 0.417. The Bertz CT molecular complexity index is 1020. The molecular formula is C22H29ClN2O5S2. The van der Waals surface area contributed by atoms with Gasteiger partial charge in [0.2, 0.25) is 10.0 Å². The van der Waals surface area contributed by atoms with E-state index in [0.717, 1.165) is 41.9 Å². The summed E-state index contributed by atoms with van der Waals surface area (Å²) in [6.45, 7) is 4.55. The Labute approximate surface area is 198 Å². The maximum absolute atomic E-state index is 12.7. The van der Waals surface area contributed by atoms with Crippen LogP contribution in [0.1, 0.15) is 50.0 Å². The van der Waals surface area contributed by atoms with Crippen molar-refractivity contribution in [2.24, 2.45) is 5.92 Å². The molecule has 32 heavy (non-hydrogen) atoms. The molecule has 0 aliphatic rings. The summed E-state index contributed by atoms with van der Waals surface area (Å²) in [5.41, 5.74) is 0.677. The van der Waals surface area contributed by atoms with Crippen molar-refractivity contribution in [2.75, 3.05) is 6.54 Å². The van der Waals surface area contributed by atoms with Crippen molar-refractivity contribution in [3.05, 3.63) is 51.9 Å². The van der Waals surface area contributed by atoms with E-state index in [4.69, 9.17) is 11.6 Å². The molecule has 1 atom stereocenters. The molecule has 0 spiro atoms. The van der Waals surface area contributed by atoms with E-state index in [2.05, 4.69) is 11.6 Å². The number of carbonyl (C=O) groups is 2. The van der Waals surface area contributed by atoms with Crippen LogP contribution in [0.4, 0.5) is 0 Å². The highest BCUT2D eigenvalue weighted by molar-refractivity contribution is 7.91. The van der Waals surface area contributed by atoms with Crippen LogP contribution in [0.2, 0.25) is 5.02 Å². The first kappa shape index (κ1) is 26.3. The van der Waals surface area contributed by atoms with Gasteiger partial charge in [-0.05, 0) is 42.2 Å². The van der Waals surface area contributed by atoms with Gasteiger partial charge in [-0.1, -0.05) is 56.8 Å². The van der Waals surface area contributed by atoms with Gasteiger partial charge in [0.05, 0.1) is 6.54 Å². The molecule has 0 radical (unpaired) electrons. The second kappa shape index (κ2) is 12.3. The molecule has 1 amide bonds. The van der Waals surface area contributed by atoms with E-state index in [1.807, 2.05) is 6.92 Å². The SMILES string of the molecule is CCCCC(CC)CNS(=O)(=O)c1ccc(CN(Cc2cccc(Cl)c2)C(=O)C(=O)O)s1. The number of thiophene rings is 1. The summed E-state index contributed by atoms with van der Waals surface area (Å²) in [6.07, 6.45) is 4.00. The summed E-state index contributed by atoms with van der Waals surface area (Å²) in [7, 11) is -3.68. The van der Waals surface area contributed by atoms with Gasteiger partial charge in [0.1, 0.15) is 4.21 Å². The first-order chi connectivity index (χ1) is 15.2. The van der Waals surface area contributed by atoms with E-state index in [-0.39, 0.29) is 23.2 Å². The summed E-state index contributed by atoms with van der Waals surface area (Å²) in [4.78, 5) is 25.2. The third-order valence-electron chi connectivity index (χ3n) is 5.09. The fourth-order valence-electron chi connectivity index (χ4n) is 3.21. The predicted molar refractivity (Wildman–Crippen MR) is 126 cm³/mol. The van der Waals surface area contributed by atoms with Crippen molar-refractivity contribution in [3.63, 3.8) is 0 Å². The first-order valence-corrected chi connectivity index (χ1v) is 13.2. The van der Waals surface area contributed by atoms with Gasteiger partial charge in [-0.3, -0.25) is 4.79 Å². The normalized spacial score (nSPS) is 12.5. The van der Waals surface area contributed by atoms with Crippen LogP contribution in [-0.2, 0) is 32.7 Å². The van der Waals surface area contributed by atoms with Gasteiger partial charge in [0.15, 0.2) is 0 Å². The number of halogens is 1. The number of carboxylic acids is 1. The van der Waals surface area contributed by atoms with Crippen LogP contribution < -0.4 is 4.72 Å². The van der Waals surface area contributed by atoms with Gasteiger partial charge in [0.25, 0.3) is 0 Å². The van der Waals surface area contributed by atoms with Crippen molar-refractivity contribution in [1.29, 1.82) is 0 Å². The monoisotopic (exact) mass is 500 g/mol. The fourth-order valence-corrected chi connectivity index (χ4v) is 5.95. The minimum atomic E-state index is -3.68. The molecule has 7 nitrogen and oxygen atoms in total. The number of carboxylic acid groups (broad SMARTS) is 1. The standard InChI is InChI=1S/C22H29ClN2O5S2/c1-3-5-7-16(4-2)13-24-32(29,30)20-11-10-19(31-20)15-25(21(26)22(27)28)14-17-8-6-9-18(23)12-17/h6,8-12,16,24H,3-5,7,13-15H2,1-2H3,(H,27,28). The molecular weight excluding hydrogens is 472 g/mol. The lowest BCUT2D eigenvalue weighted by molar-refractivity contribution is -0.156. The van der Waals surface area contributed by atoms with Crippen molar-refractivity contribution in [2.45, 2.75) is 56.8 Å². The number of hydrogen-bond acceptors (Lipinski definition) is 5. The number of nitrogens with zero attached hydrogens (tertiary/aromatic N) is 1. The third kappa shape index (κ3) is 7.88. The Kier molecular flexibility index (Phi) is 10.1. The van der Waals surface area contributed by atoms with Crippen LogP contribution in [0.15, 0.2) is 40.6 Å². The van der Waals surface area contributed by atoms with Crippen molar-refractivity contribution in [3.8, 4) is 0 Å². The van der Waals surface area contributed by atoms with E-state index >= 15 is 0 Å². The molecule has 2 aromatic rings. The summed E-state index contributed by atoms with van der Waals surface area (Å²) in [5.74, 6) is -2.36. The molecule has 0 fully saturated rings. The number of hydrogen-bond donors (Lipinski definition) is 2. The maximum Gasteiger partial charge on any atom is 0.394 e. The molecule has 0 aliphatic carbocycles. The molecule has 1 heterocycles. The number of amides is 1. The van der Waals surface area contributed by atoms with Crippen LogP contribution in [0.25, 0.3) is 0 Å². The highest BCUT2D eigenvalue weighted by Gasteiger charge is 2.24. The van der Waals surface area contributed by atoms with Gasteiger partial charge in [-0.15, -0.1) is 11.3 Å². The van der Waals surface area contributed by atoms with Gasteiger partial charge < -0.3 is 10.0 Å². The highest BCUT2D eigenvalue weighted by atomic mass is 35.5. The second-order valence-electron chi connectivity index (χ2n) is 7.59. The number of sulfonamides is 1. The number of benzene rings is 1. The van der Waals surface area contributed by atoms with E-state index in [1.54, 1.807) is 30.3 Å². The Morgan fingerprint density at radius 2 is 1.94 bits per heavy atom. The Morgan fingerprint density at radius 3 is 2.56 bits per heavy atom. The molecule has 176 valence electrons. The van der Waals surface area contributed by atoms with E-state index < -0.39 is 21.9 Å².